The lowest BCUT2D eigenvalue weighted by Crippen LogP contribution is -2.28. The molecule has 2 heteroatoms. The van der Waals surface area contributed by atoms with Crippen molar-refractivity contribution in [2.24, 2.45) is 0 Å². The molecule has 1 aliphatic heterocycles. The van der Waals surface area contributed by atoms with Crippen molar-refractivity contribution in [3.63, 3.8) is 0 Å². The number of rotatable bonds is 3. The summed E-state index contributed by atoms with van der Waals surface area (Å²) < 4.78 is 0. The summed E-state index contributed by atoms with van der Waals surface area (Å²) in [7, 11) is 0. The summed E-state index contributed by atoms with van der Waals surface area (Å²) in [6.07, 6.45) is 1.91. The van der Waals surface area contributed by atoms with E-state index in [2.05, 4.69) is 36.9 Å². The fraction of sp³-hybridized carbons (Fsp3) is 0.538. The van der Waals surface area contributed by atoms with E-state index in [0.717, 1.165) is 19.4 Å². The molecule has 0 spiro atoms. The Labute approximate surface area is 91.5 Å². The quantitative estimate of drug-likeness (QED) is 0.815. The van der Waals surface area contributed by atoms with Crippen molar-refractivity contribution in [1.29, 1.82) is 0 Å². The smallest absolute Gasteiger partial charge is 0.0471 e. The van der Waals surface area contributed by atoms with E-state index < -0.39 is 0 Å². The molecule has 0 aliphatic carbocycles. The minimum atomic E-state index is 0.247. The fourth-order valence-electron chi connectivity index (χ4n) is 2.61. The number of anilines is 1. The number of nitrogens with zero attached hydrogens (tertiary/aromatic N) is 1. The lowest BCUT2D eigenvalue weighted by molar-refractivity contribution is 0.299. The third-order valence-corrected chi connectivity index (χ3v) is 3.31. The van der Waals surface area contributed by atoms with Crippen LogP contribution in [0.25, 0.3) is 0 Å². The van der Waals surface area contributed by atoms with Crippen LogP contribution in [0.2, 0.25) is 0 Å². The Hall–Kier alpha value is -1.02. The van der Waals surface area contributed by atoms with E-state index in [-0.39, 0.29) is 6.61 Å². The van der Waals surface area contributed by atoms with Crippen molar-refractivity contribution < 1.29 is 5.11 Å². The maximum Gasteiger partial charge on any atom is 0.0471 e. The molecule has 2 rings (SSSR count). The van der Waals surface area contributed by atoms with E-state index in [4.69, 9.17) is 5.11 Å². The van der Waals surface area contributed by atoms with E-state index in [1.54, 1.807) is 0 Å². The van der Waals surface area contributed by atoms with E-state index in [1.165, 1.54) is 16.8 Å². The van der Waals surface area contributed by atoms with Gasteiger partial charge in [-0.1, -0.05) is 12.1 Å². The Bertz CT molecular complexity index is 348. The Morgan fingerprint density at radius 1 is 1.47 bits per heavy atom. The van der Waals surface area contributed by atoms with Gasteiger partial charge in [-0.25, -0.2) is 0 Å². The van der Waals surface area contributed by atoms with Crippen molar-refractivity contribution >= 4 is 5.69 Å². The maximum absolute atomic E-state index is 9.03. The van der Waals surface area contributed by atoms with Crippen LogP contribution in [0.15, 0.2) is 18.2 Å². The number of benzene rings is 1. The molecule has 1 heterocycles. The topological polar surface area (TPSA) is 23.5 Å². The van der Waals surface area contributed by atoms with Gasteiger partial charge in [0.1, 0.15) is 0 Å². The largest absolute Gasteiger partial charge is 0.396 e. The minimum Gasteiger partial charge on any atom is -0.396 e. The van der Waals surface area contributed by atoms with Gasteiger partial charge in [0.25, 0.3) is 0 Å². The van der Waals surface area contributed by atoms with E-state index in [9.17, 15) is 0 Å². The van der Waals surface area contributed by atoms with Gasteiger partial charge in [-0.05, 0) is 43.9 Å². The van der Waals surface area contributed by atoms with Gasteiger partial charge in [-0.15, -0.1) is 0 Å². The van der Waals surface area contributed by atoms with Crippen LogP contribution < -0.4 is 4.90 Å². The average molecular weight is 205 g/mol. The Balaban J connectivity index is 2.38. The number of aliphatic hydroxyl groups is 1. The van der Waals surface area contributed by atoms with Gasteiger partial charge in [0.15, 0.2) is 0 Å². The first kappa shape index (κ1) is 10.5. The van der Waals surface area contributed by atoms with Crippen LogP contribution in [0.4, 0.5) is 5.69 Å². The summed E-state index contributed by atoms with van der Waals surface area (Å²) in [5.74, 6) is 0. The zero-order valence-electron chi connectivity index (χ0n) is 9.53. The van der Waals surface area contributed by atoms with Gasteiger partial charge in [-0.2, -0.15) is 0 Å². The summed E-state index contributed by atoms with van der Waals surface area (Å²) in [6, 6.07) is 7.04. The zero-order valence-corrected chi connectivity index (χ0v) is 9.53. The second-order valence-electron chi connectivity index (χ2n) is 4.23. The van der Waals surface area contributed by atoms with Crippen LogP contribution in [0.5, 0.6) is 0 Å². The number of fused-ring (bicyclic) bond motifs is 1. The predicted octanol–water partition coefficient (Wildman–Crippen LogP) is 1.99. The Morgan fingerprint density at radius 3 is 2.93 bits per heavy atom. The Kier molecular flexibility index (Phi) is 2.96. The first-order chi connectivity index (χ1) is 7.27. The van der Waals surface area contributed by atoms with Crippen LogP contribution >= 0.6 is 0 Å². The van der Waals surface area contributed by atoms with E-state index >= 15 is 0 Å². The molecule has 0 bridgehead atoms. The molecule has 0 saturated carbocycles. The molecule has 0 radical (unpaired) electrons. The molecular weight excluding hydrogens is 186 g/mol. The third-order valence-electron chi connectivity index (χ3n) is 3.31. The first-order valence-electron chi connectivity index (χ1n) is 5.76. The normalized spacial score (nSPS) is 19.4. The maximum atomic E-state index is 9.03. The third kappa shape index (κ3) is 1.74. The van der Waals surface area contributed by atoms with Gasteiger partial charge in [0.2, 0.25) is 0 Å². The monoisotopic (exact) mass is 205 g/mol. The molecule has 1 N–H and O–H groups in total. The van der Waals surface area contributed by atoms with Crippen molar-refractivity contribution in [3.8, 4) is 0 Å². The zero-order chi connectivity index (χ0) is 10.8. The van der Waals surface area contributed by atoms with Crippen molar-refractivity contribution in [2.75, 3.05) is 18.1 Å². The molecule has 82 valence electrons. The molecule has 15 heavy (non-hydrogen) atoms. The van der Waals surface area contributed by atoms with Gasteiger partial charge < -0.3 is 10.0 Å². The molecule has 1 atom stereocenters. The molecule has 1 aromatic rings. The standard InChI is InChI=1S/C13H19NO/c1-3-14-10(2)9-12-11(7-8-15)5-4-6-13(12)14/h4-6,10,15H,3,7-9H2,1-2H3. The fourth-order valence-corrected chi connectivity index (χ4v) is 2.61. The van der Waals surface area contributed by atoms with Gasteiger partial charge >= 0.3 is 0 Å². The summed E-state index contributed by atoms with van der Waals surface area (Å²) >= 11 is 0. The lowest BCUT2D eigenvalue weighted by atomic mass is 10.0. The molecule has 0 amide bonds. The average Bonchev–Trinajstić information content (AvgIpc) is 2.55. The van der Waals surface area contributed by atoms with E-state index in [1.807, 2.05) is 0 Å². The second kappa shape index (κ2) is 4.23. The Morgan fingerprint density at radius 2 is 2.27 bits per heavy atom. The van der Waals surface area contributed by atoms with Gasteiger partial charge in [-0.3, -0.25) is 0 Å². The van der Waals surface area contributed by atoms with Crippen LogP contribution in [0.1, 0.15) is 25.0 Å². The van der Waals surface area contributed by atoms with E-state index in [0.29, 0.717) is 6.04 Å². The van der Waals surface area contributed by atoms with Crippen LogP contribution in [0.3, 0.4) is 0 Å². The second-order valence-corrected chi connectivity index (χ2v) is 4.23. The molecule has 1 aliphatic rings. The number of hydrogen-bond acceptors (Lipinski definition) is 2. The summed E-state index contributed by atoms with van der Waals surface area (Å²) in [5, 5.41) is 9.03. The summed E-state index contributed by atoms with van der Waals surface area (Å²) in [5.41, 5.74) is 4.13. The number of likely N-dealkylation sites (N-methyl/N-ethyl adjacent to an activating group) is 1. The van der Waals surface area contributed by atoms with Crippen LogP contribution in [-0.4, -0.2) is 24.3 Å². The van der Waals surface area contributed by atoms with Crippen molar-refractivity contribution in [1.82, 2.24) is 0 Å². The van der Waals surface area contributed by atoms with Crippen molar-refractivity contribution in [2.45, 2.75) is 32.7 Å². The minimum absolute atomic E-state index is 0.247. The van der Waals surface area contributed by atoms with Crippen LogP contribution in [-0.2, 0) is 12.8 Å². The molecule has 1 aromatic carbocycles. The highest BCUT2D eigenvalue weighted by Gasteiger charge is 2.25. The first-order valence-corrected chi connectivity index (χ1v) is 5.76. The van der Waals surface area contributed by atoms with Gasteiger partial charge in [0, 0.05) is 24.9 Å². The molecule has 2 nitrogen and oxygen atoms in total. The van der Waals surface area contributed by atoms with Crippen molar-refractivity contribution in [3.05, 3.63) is 29.3 Å². The number of aliphatic hydroxyl groups excluding tert-OH is 1. The molecular formula is C13H19NO. The highest BCUT2D eigenvalue weighted by atomic mass is 16.2. The van der Waals surface area contributed by atoms with Crippen LogP contribution in [0, 0.1) is 0 Å². The predicted molar refractivity (Wildman–Crippen MR) is 63.4 cm³/mol. The summed E-state index contributed by atoms with van der Waals surface area (Å²) in [4.78, 5) is 2.44. The highest BCUT2D eigenvalue weighted by molar-refractivity contribution is 5.62. The van der Waals surface area contributed by atoms with Gasteiger partial charge in [0.05, 0.1) is 0 Å². The molecule has 0 fully saturated rings. The lowest BCUT2D eigenvalue weighted by Gasteiger charge is -2.22. The molecule has 1 unspecified atom stereocenters. The highest BCUT2D eigenvalue weighted by Crippen LogP contribution is 2.34. The SMILES string of the molecule is CCN1c2cccc(CCO)c2CC1C. The number of hydrogen-bond donors (Lipinski definition) is 1. The molecule has 0 saturated heterocycles. The summed E-state index contributed by atoms with van der Waals surface area (Å²) in [6.45, 7) is 5.78. The molecule has 0 aromatic heterocycles.